The Morgan fingerprint density at radius 3 is 2.38 bits per heavy atom. The second-order valence-corrected chi connectivity index (χ2v) is 7.10. The van der Waals surface area contributed by atoms with E-state index < -0.39 is 0 Å². The first-order valence-corrected chi connectivity index (χ1v) is 7.99. The van der Waals surface area contributed by atoms with Crippen molar-refractivity contribution in [1.29, 1.82) is 0 Å². The summed E-state index contributed by atoms with van der Waals surface area (Å²) >= 11 is 0. The van der Waals surface area contributed by atoms with Crippen molar-refractivity contribution >= 4 is 5.82 Å². The van der Waals surface area contributed by atoms with E-state index in [0.29, 0.717) is 6.61 Å². The summed E-state index contributed by atoms with van der Waals surface area (Å²) in [5.74, 6) is 2.75. The third-order valence-corrected chi connectivity index (χ3v) is 3.27. The molecule has 0 atom stereocenters. The number of hydrogen-bond donors (Lipinski definition) is 1. The van der Waals surface area contributed by atoms with Crippen LogP contribution in [0.2, 0.25) is 0 Å². The van der Waals surface area contributed by atoms with Crippen molar-refractivity contribution in [2.75, 3.05) is 18.5 Å². The molecule has 1 aromatic heterocycles. The van der Waals surface area contributed by atoms with E-state index in [-0.39, 0.29) is 11.3 Å². The van der Waals surface area contributed by atoms with Gasteiger partial charge in [-0.05, 0) is 25.2 Å². The molecule has 0 aliphatic heterocycles. The van der Waals surface area contributed by atoms with Gasteiger partial charge in [0.15, 0.2) is 0 Å². The van der Waals surface area contributed by atoms with Crippen molar-refractivity contribution in [3.63, 3.8) is 0 Å². The fraction of sp³-hybridized carbons (Fsp3) is 0.765. The lowest BCUT2D eigenvalue weighted by molar-refractivity contribution is 0.234. The van der Waals surface area contributed by atoms with Gasteiger partial charge in [0.1, 0.15) is 11.6 Å². The largest absolute Gasteiger partial charge is 0.477 e. The van der Waals surface area contributed by atoms with Crippen LogP contribution in [0.5, 0.6) is 5.88 Å². The molecule has 0 bridgehead atoms. The predicted molar refractivity (Wildman–Crippen MR) is 89.2 cm³/mol. The van der Waals surface area contributed by atoms with Crippen molar-refractivity contribution in [2.24, 2.45) is 5.41 Å². The predicted octanol–water partition coefficient (Wildman–Crippen LogP) is 4.55. The highest BCUT2D eigenvalue weighted by atomic mass is 16.5. The molecule has 1 rings (SSSR count). The van der Waals surface area contributed by atoms with E-state index in [4.69, 9.17) is 4.74 Å². The van der Waals surface area contributed by atoms with E-state index in [0.717, 1.165) is 42.5 Å². The minimum absolute atomic E-state index is 0.269. The fourth-order valence-electron chi connectivity index (χ4n) is 1.78. The van der Waals surface area contributed by atoms with Gasteiger partial charge in [0.05, 0.1) is 12.2 Å². The molecule has 0 fully saturated rings. The molecule has 1 N–H and O–H groups in total. The quantitative estimate of drug-likeness (QED) is 0.801. The number of ether oxygens (including phenoxy) is 1. The normalized spacial score (nSPS) is 11.8. The number of nitrogens with zero attached hydrogens (tertiary/aromatic N) is 2. The van der Waals surface area contributed by atoms with Crippen LogP contribution in [0.25, 0.3) is 0 Å². The van der Waals surface area contributed by atoms with E-state index in [9.17, 15) is 0 Å². The summed E-state index contributed by atoms with van der Waals surface area (Å²) in [6.07, 6.45) is 2.08. The molecule has 21 heavy (non-hydrogen) atoms. The zero-order valence-electron chi connectivity index (χ0n) is 14.7. The van der Waals surface area contributed by atoms with Crippen LogP contribution in [-0.2, 0) is 0 Å². The number of hydrogen-bond acceptors (Lipinski definition) is 4. The van der Waals surface area contributed by atoms with Gasteiger partial charge >= 0.3 is 0 Å². The zero-order valence-corrected chi connectivity index (χ0v) is 14.7. The van der Waals surface area contributed by atoms with E-state index in [1.54, 1.807) is 0 Å². The van der Waals surface area contributed by atoms with Crippen LogP contribution in [0.15, 0.2) is 0 Å². The van der Waals surface area contributed by atoms with Gasteiger partial charge in [-0.25, -0.2) is 4.98 Å². The third-order valence-electron chi connectivity index (χ3n) is 3.27. The molecule has 0 saturated heterocycles. The van der Waals surface area contributed by atoms with Gasteiger partial charge in [-0.1, -0.05) is 41.5 Å². The second kappa shape index (κ2) is 7.62. The molecular weight excluding hydrogens is 262 g/mol. The summed E-state index contributed by atoms with van der Waals surface area (Å²) in [6, 6.07) is 0. The van der Waals surface area contributed by atoms with Gasteiger partial charge in [0.2, 0.25) is 5.88 Å². The van der Waals surface area contributed by atoms with Crippen LogP contribution in [-0.4, -0.2) is 23.1 Å². The fourth-order valence-corrected chi connectivity index (χ4v) is 1.78. The van der Waals surface area contributed by atoms with Gasteiger partial charge in [-0.2, -0.15) is 4.98 Å². The topological polar surface area (TPSA) is 47.0 Å². The van der Waals surface area contributed by atoms with Crippen LogP contribution in [0.3, 0.4) is 0 Å². The summed E-state index contributed by atoms with van der Waals surface area (Å²) < 4.78 is 5.93. The summed E-state index contributed by atoms with van der Waals surface area (Å²) in [6.45, 7) is 16.6. The van der Waals surface area contributed by atoms with Crippen LogP contribution < -0.4 is 10.1 Å². The summed E-state index contributed by atoms with van der Waals surface area (Å²) in [4.78, 5) is 9.21. The molecule has 4 nitrogen and oxygen atoms in total. The Labute approximate surface area is 129 Å². The van der Waals surface area contributed by atoms with Crippen LogP contribution in [0.1, 0.15) is 71.7 Å². The van der Waals surface area contributed by atoms with Gasteiger partial charge < -0.3 is 10.1 Å². The average Bonchev–Trinajstić information content (AvgIpc) is 2.37. The van der Waals surface area contributed by atoms with Crippen molar-refractivity contribution in [3.05, 3.63) is 11.4 Å². The Bertz CT molecular complexity index is 450. The molecule has 0 amide bonds. The standard InChI is InChI=1S/C17H31N3O/c1-8-10-18-15-13(4)16(20-14(19-15)12(2)3)21-11-9-17(5,6)7/h12H,8-11H2,1-7H3,(H,18,19,20). The van der Waals surface area contributed by atoms with Crippen LogP contribution >= 0.6 is 0 Å². The molecule has 0 spiro atoms. The number of rotatable bonds is 7. The molecule has 0 aromatic carbocycles. The highest BCUT2D eigenvalue weighted by molar-refractivity contribution is 5.48. The first-order valence-electron chi connectivity index (χ1n) is 7.99. The molecule has 120 valence electrons. The first-order chi connectivity index (χ1) is 9.74. The average molecular weight is 293 g/mol. The van der Waals surface area contributed by atoms with Crippen molar-refractivity contribution in [1.82, 2.24) is 9.97 Å². The molecule has 1 aromatic rings. The Kier molecular flexibility index (Phi) is 6.43. The Balaban J connectivity index is 2.92. The number of nitrogens with one attached hydrogen (secondary N) is 1. The molecule has 0 saturated carbocycles. The summed E-state index contributed by atoms with van der Waals surface area (Å²) in [5, 5.41) is 3.37. The minimum atomic E-state index is 0.269. The van der Waals surface area contributed by atoms with E-state index in [1.807, 2.05) is 6.92 Å². The Morgan fingerprint density at radius 1 is 1.19 bits per heavy atom. The number of aromatic nitrogens is 2. The molecule has 0 unspecified atom stereocenters. The SMILES string of the molecule is CCCNc1nc(C(C)C)nc(OCCC(C)(C)C)c1C. The van der Waals surface area contributed by atoms with Gasteiger partial charge in [0, 0.05) is 12.5 Å². The maximum Gasteiger partial charge on any atom is 0.221 e. The van der Waals surface area contributed by atoms with Crippen molar-refractivity contribution < 1.29 is 4.74 Å². The van der Waals surface area contributed by atoms with Gasteiger partial charge in [-0.15, -0.1) is 0 Å². The minimum Gasteiger partial charge on any atom is -0.477 e. The molecule has 0 aliphatic carbocycles. The molecule has 0 radical (unpaired) electrons. The molecule has 0 aliphatic rings. The smallest absolute Gasteiger partial charge is 0.221 e. The molecular formula is C17H31N3O. The van der Waals surface area contributed by atoms with Crippen molar-refractivity contribution in [3.8, 4) is 5.88 Å². The monoisotopic (exact) mass is 293 g/mol. The van der Waals surface area contributed by atoms with E-state index >= 15 is 0 Å². The maximum absolute atomic E-state index is 5.93. The lowest BCUT2D eigenvalue weighted by Crippen LogP contribution is -2.14. The first kappa shape index (κ1) is 17.7. The lowest BCUT2D eigenvalue weighted by atomic mass is 9.93. The van der Waals surface area contributed by atoms with Gasteiger partial charge in [0.25, 0.3) is 0 Å². The highest BCUT2D eigenvalue weighted by Gasteiger charge is 2.15. The maximum atomic E-state index is 5.93. The molecule has 1 heterocycles. The van der Waals surface area contributed by atoms with Crippen LogP contribution in [0.4, 0.5) is 5.82 Å². The number of anilines is 1. The zero-order chi connectivity index (χ0) is 16.0. The van der Waals surface area contributed by atoms with Gasteiger partial charge in [-0.3, -0.25) is 0 Å². The van der Waals surface area contributed by atoms with E-state index in [2.05, 4.69) is 56.8 Å². The Hall–Kier alpha value is -1.32. The van der Waals surface area contributed by atoms with E-state index in [1.165, 1.54) is 0 Å². The summed E-state index contributed by atoms with van der Waals surface area (Å²) in [7, 11) is 0. The summed E-state index contributed by atoms with van der Waals surface area (Å²) in [5.41, 5.74) is 1.27. The second-order valence-electron chi connectivity index (χ2n) is 7.10. The van der Waals surface area contributed by atoms with Crippen molar-refractivity contribution in [2.45, 2.75) is 67.2 Å². The molecule has 4 heteroatoms. The Morgan fingerprint density at radius 2 is 1.86 bits per heavy atom. The van der Waals surface area contributed by atoms with Crippen LogP contribution in [0, 0.1) is 12.3 Å². The highest BCUT2D eigenvalue weighted by Crippen LogP contribution is 2.26. The lowest BCUT2D eigenvalue weighted by Gasteiger charge is -2.19. The third kappa shape index (κ3) is 5.90.